The van der Waals surface area contributed by atoms with E-state index in [9.17, 15) is 19.5 Å². The first-order valence-corrected chi connectivity index (χ1v) is 16.8. The Bertz CT molecular complexity index is 1700. The summed E-state index contributed by atoms with van der Waals surface area (Å²) in [5.41, 5.74) is 5.09. The number of nitrogens with one attached hydrogen (secondary N) is 1. The van der Waals surface area contributed by atoms with E-state index >= 15 is 0 Å². The Morgan fingerprint density at radius 2 is 1.52 bits per heavy atom. The van der Waals surface area contributed by atoms with Crippen LogP contribution in [0.5, 0.6) is 0 Å². The molecule has 46 heavy (non-hydrogen) atoms. The predicted octanol–water partition coefficient (Wildman–Crippen LogP) is 6.71. The fourth-order valence-electron chi connectivity index (χ4n) is 6.19. The van der Waals surface area contributed by atoms with Gasteiger partial charge < -0.3 is 15.3 Å². The Morgan fingerprint density at radius 3 is 2.11 bits per heavy atom. The maximum absolute atomic E-state index is 13.5. The molecular formula is C37H40N4O4S. The second-order valence-corrected chi connectivity index (χ2v) is 14.6. The van der Waals surface area contributed by atoms with E-state index in [0.717, 1.165) is 27.1 Å². The molecule has 6 rings (SSSR count). The summed E-state index contributed by atoms with van der Waals surface area (Å²) in [5.74, 6) is -0.797. The number of hydrogen-bond donors (Lipinski definition) is 2. The monoisotopic (exact) mass is 636 g/mol. The molecule has 0 unspecified atom stereocenters. The molecule has 0 spiro atoms. The van der Waals surface area contributed by atoms with Crippen LogP contribution >= 0.6 is 11.3 Å². The van der Waals surface area contributed by atoms with Crippen molar-refractivity contribution in [2.75, 3.05) is 13.1 Å². The van der Waals surface area contributed by atoms with Gasteiger partial charge in [-0.05, 0) is 53.0 Å². The molecule has 9 heteroatoms. The van der Waals surface area contributed by atoms with Crippen molar-refractivity contribution in [2.45, 2.75) is 70.3 Å². The van der Waals surface area contributed by atoms with Gasteiger partial charge in [0.1, 0.15) is 6.04 Å². The normalized spacial score (nSPS) is 16.2. The van der Waals surface area contributed by atoms with Crippen LogP contribution in [0.3, 0.4) is 0 Å². The molecule has 2 amide bonds. The highest BCUT2D eigenvalue weighted by molar-refractivity contribution is 7.14. The lowest BCUT2D eigenvalue weighted by Crippen LogP contribution is -2.59. The van der Waals surface area contributed by atoms with Crippen LogP contribution in [0.15, 0.2) is 73.1 Å². The number of likely N-dealkylation sites (tertiary alicyclic amines) is 1. The predicted molar refractivity (Wildman–Crippen MR) is 180 cm³/mol. The fourth-order valence-corrected chi connectivity index (χ4v) is 7.15. The average molecular weight is 637 g/mol. The standard InChI is InChI=1S/C37H40N4O4S/c1-37(2,3)32-17-16-31(46-32)34(42)40-30(35(43)41-21-29(22-41)36(44)45)18-23-8-10-27(11-9-23)33-38-19-28(20-39-33)26-14-12-25(13-15-26)24-6-4-5-7-24/h8-17,19-20,24,29-30H,4-7,18,21-22H2,1-3H3,(H,40,42)(H,44,45)/t30-/m0/s1. The topological polar surface area (TPSA) is 112 Å². The number of carboxylic acid groups (broad SMARTS) is 1. The first-order chi connectivity index (χ1) is 22.0. The molecule has 0 radical (unpaired) electrons. The summed E-state index contributed by atoms with van der Waals surface area (Å²) in [6.45, 7) is 6.56. The van der Waals surface area contributed by atoms with E-state index in [1.165, 1.54) is 47.5 Å². The van der Waals surface area contributed by atoms with Gasteiger partial charge >= 0.3 is 5.97 Å². The highest BCUT2D eigenvalue weighted by Crippen LogP contribution is 2.35. The molecular weight excluding hydrogens is 596 g/mol. The molecule has 1 saturated heterocycles. The Kier molecular flexibility index (Phi) is 9.04. The number of amides is 2. The zero-order chi connectivity index (χ0) is 32.4. The summed E-state index contributed by atoms with van der Waals surface area (Å²) in [6, 6.07) is 19.3. The number of carboxylic acids is 1. The fraction of sp³-hybridized carbons (Fsp3) is 0.378. The van der Waals surface area contributed by atoms with Crippen LogP contribution < -0.4 is 5.32 Å². The first kappa shape index (κ1) is 31.6. The summed E-state index contributed by atoms with van der Waals surface area (Å²) in [7, 11) is 0. The molecule has 4 aromatic rings. The maximum Gasteiger partial charge on any atom is 0.310 e. The van der Waals surface area contributed by atoms with Crippen molar-refractivity contribution in [1.82, 2.24) is 20.2 Å². The highest BCUT2D eigenvalue weighted by Gasteiger charge is 2.39. The Morgan fingerprint density at radius 1 is 0.891 bits per heavy atom. The summed E-state index contributed by atoms with van der Waals surface area (Å²) in [6.07, 6.45) is 9.16. The SMILES string of the molecule is CC(C)(C)c1ccc(C(=O)N[C@@H](Cc2ccc(-c3ncc(-c4ccc(C5CCCC5)cc4)cn3)cc2)C(=O)N2CC(C(=O)O)C2)s1. The minimum absolute atomic E-state index is 0.0894. The molecule has 2 aliphatic rings. The van der Waals surface area contributed by atoms with Gasteiger partial charge in [-0.3, -0.25) is 14.4 Å². The van der Waals surface area contributed by atoms with E-state index in [4.69, 9.17) is 0 Å². The molecule has 238 valence electrons. The van der Waals surface area contributed by atoms with E-state index in [-0.39, 0.29) is 36.7 Å². The number of rotatable bonds is 9. The van der Waals surface area contributed by atoms with Crippen LogP contribution in [0.2, 0.25) is 0 Å². The van der Waals surface area contributed by atoms with Gasteiger partial charge in [0, 0.05) is 47.9 Å². The molecule has 2 aromatic carbocycles. The minimum atomic E-state index is -0.916. The van der Waals surface area contributed by atoms with Crippen LogP contribution in [0, 0.1) is 5.92 Å². The van der Waals surface area contributed by atoms with Crippen molar-refractivity contribution < 1.29 is 19.5 Å². The molecule has 1 aliphatic heterocycles. The smallest absolute Gasteiger partial charge is 0.310 e. The second kappa shape index (κ2) is 13.2. The van der Waals surface area contributed by atoms with Gasteiger partial charge in [0.15, 0.2) is 5.82 Å². The maximum atomic E-state index is 13.5. The average Bonchev–Trinajstić information content (AvgIpc) is 3.74. The van der Waals surface area contributed by atoms with Gasteiger partial charge in [0.2, 0.25) is 5.91 Å². The molecule has 2 fully saturated rings. The van der Waals surface area contributed by atoms with Gasteiger partial charge in [-0.25, -0.2) is 9.97 Å². The number of aromatic nitrogens is 2. The molecule has 1 saturated carbocycles. The Balaban J connectivity index is 1.14. The summed E-state index contributed by atoms with van der Waals surface area (Å²) >= 11 is 1.42. The van der Waals surface area contributed by atoms with Gasteiger partial charge in [-0.1, -0.05) is 82.1 Å². The third kappa shape index (κ3) is 7.04. The highest BCUT2D eigenvalue weighted by atomic mass is 32.1. The van der Waals surface area contributed by atoms with Crippen LogP contribution in [-0.2, 0) is 21.4 Å². The summed E-state index contributed by atoms with van der Waals surface area (Å²) < 4.78 is 0. The van der Waals surface area contributed by atoms with Crippen molar-refractivity contribution in [3.05, 3.63) is 93.9 Å². The lowest BCUT2D eigenvalue weighted by molar-refractivity contribution is -0.153. The Hall–Kier alpha value is -4.37. The lowest BCUT2D eigenvalue weighted by Gasteiger charge is -2.38. The van der Waals surface area contributed by atoms with E-state index in [1.54, 1.807) is 6.07 Å². The van der Waals surface area contributed by atoms with Crippen LogP contribution in [0.1, 0.15) is 78.0 Å². The third-order valence-electron chi connectivity index (χ3n) is 9.09. The van der Waals surface area contributed by atoms with Gasteiger partial charge in [0.05, 0.1) is 10.8 Å². The zero-order valence-electron chi connectivity index (χ0n) is 26.5. The number of aliphatic carboxylic acids is 1. The molecule has 1 aliphatic carbocycles. The second-order valence-electron chi connectivity index (χ2n) is 13.5. The molecule has 1 atom stereocenters. The van der Waals surface area contributed by atoms with Gasteiger partial charge in [0.25, 0.3) is 5.91 Å². The van der Waals surface area contributed by atoms with E-state index in [2.05, 4.69) is 60.3 Å². The van der Waals surface area contributed by atoms with Crippen molar-refractivity contribution in [1.29, 1.82) is 0 Å². The molecule has 8 nitrogen and oxygen atoms in total. The zero-order valence-corrected chi connectivity index (χ0v) is 27.3. The van der Waals surface area contributed by atoms with E-state index in [0.29, 0.717) is 16.6 Å². The molecule has 2 aromatic heterocycles. The number of carbonyl (C=O) groups is 3. The van der Waals surface area contributed by atoms with E-state index in [1.807, 2.05) is 42.7 Å². The van der Waals surface area contributed by atoms with Crippen molar-refractivity contribution >= 4 is 29.1 Å². The molecule has 3 heterocycles. The van der Waals surface area contributed by atoms with Crippen LogP contribution in [0.25, 0.3) is 22.5 Å². The van der Waals surface area contributed by atoms with Crippen LogP contribution in [-0.4, -0.2) is 56.9 Å². The Labute approximate surface area is 273 Å². The quantitative estimate of drug-likeness (QED) is 0.211. The minimum Gasteiger partial charge on any atom is -0.481 e. The third-order valence-corrected chi connectivity index (χ3v) is 10.6. The number of carbonyl (C=O) groups excluding carboxylic acids is 2. The lowest BCUT2D eigenvalue weighted by atomic mass is 9.95. The van der Waals surface area contributed by atoms with E-state index < -0.39 is 17.9 Å². The molecule has 2 N–H and O–H groups in total. The van der Waals surface area contributed by atoms with Gasteiger partial charge in [-0.2, -0.15) is 0 Å². The van der Waals surface area contributed by atoms with Crippen molar-refractivity contribution in [3.8, 4) is 22.5 Å². The summed E-state index contributed by atoms with van der Waals surface area (Å²) in [4.78, 5) is 50.4. The van der Waals surface area contributed by atoms with Crippen molar-refractivity contribution in [3.63, 3.8) is 0 Å². The number of hydrogen-bond acceptors (Lipinski definition) is 6. The van der Waals surface area contributed by atoms with Gasteiger partial charge in [-0.15, -0.1) is 11.3 Å². The van der Waals surface area contributed by atoms with Crippen molar-refractivity contribution in [2.24, 2.45) is 5.92 Å². The number of benzene rings is 2. The largest absolute Gasteiger partial charge is 0.481 e. The summed E-state index contributed by atoms with van der Waals surface area (Å²) in [5, 5.41) is 12.2. The number of nitrogens with zero attached hydrogens (tertiary/aromatic N) is 3. The first-order valence-electron chi connectivity index (χ1n) is 16.0. The van der Waals surface area contributed by atoms with Crippen LogP contribution in [0.4, 0.5) is 0 Å². The number of thiophene rings is 1. The molecule has 0 bridgehead atoms.